The molecule has 2 fully saturated rings. The lowest BCUT2D eigenvalue weighted by molar-refractivity contribution is 0.0740. The summed E-state index contributed by atoms with van der Waals surface area (Å²) >= 11 is 0. The molecule has 1 unspecified atom stereocenters. The zero-order valence-corrected chi connectivity index (χ0v) is 21.7. The molecule has 0 saturated carbocycles. The average molecular weight is 516 g/mol. The number of imide groups is 1. The lowest BCUT2D eigenvalue weighted by Gasteiger charge is -2.36. The minimum absolute atomic E-state index is 0.0382. The molecular weight excluding hydrogens is 485 g/mol. The monoisotopic (exact) mass is 515 g/mol. The van der Waals surface area contributed by atoms with Gasteiger partial charge in [0.2, 0.25) is 0 Å². The summed E-state index contributed by atoms with van der Waals surface area (Å²) in [5.41, 5.74) is 2.87. The van der Waals surface area contributed by atoms with Crippen LogP contribution in [0.5, 0.6) is 0 Å². The van der Waals surface area contributed by atoms with Gasteiger partial charge >= 0.3 is 6.03 Å². The van der Waals surface area contributed by atoms with Crippen LogP contribution in [0.3, 0.4) is 0 Å². The van der Waals surface area contributed by atoms with Gasteiger partial charge in [0.15, 0.2) is 0 Å². The molecule has 0 aliphatic carbocycles. The Morgan fingerprint density at radius 3 is 2.32 bits per heavy atom. The molecule has 3 aromatic rings. The smallest absolute Gasteiger partial charge is 0.331 e. The molecule has 0 radical (unpaired) electrons. The number of aromatic nitrogens is 1. The van der Waals surface area contributed by atoms with Crippen LogP contribution in [0.2, 0.25) is 0 Å². The second-order valence-electron chi connectivity index (χ2n) is 9.88. The molecule has 0 spiro atoms. The Morgan fingerprint density at radius 1 is 0.947 bits per heavy atom. The number of urea groups is 1. The molecule has 4 amide bonds. The number of carbonyl (C=O) groups is 3. The van der Waals surface area contributed by atoms with E-state index in [1.165, 1.54) is 21.9 Å². The highest BCUT2D eigenvalue weighted by molar-refractivity contribution is 6.11. The number of amides is 4. The molecule has 8 nitrogen and oxygen atoms in total. The molecule has 2 aliphatic rings. The van der Waals surface area contributed by atoms with E-state index in [1.54, 1.807) is 48.2 Å². The molecule has 1 atom stereocenters. The van der Waals surface area contributed by atoms with Crippen LogP contribution >= 0.6 is 0 Å². The van der Waals surface area contributed by atoms with Gasteiger partial charge in [0, 0.05) is 50.2 Å². The van der Waals surface area contributed by atoms with E-state index in [0.717, 1.165) is 16.9 Å². The fraction of sp³-hybridized carbons (Fsp3) is 0.310. The topological polar surface area (TPSA) is 77.1 Å². The quantitative estimate of drug-likeness (QED) is 0.519. The van der Waals surface area contributed by atoms with Crippen LogP contribution in [0.1, 0.15) is 38.8 Å². The van der Waals surface area contributed by atoms with Gasteiger partial charge in [0.25, 0.3) is 11.8 Å². The zero-order valence-electron chi connectivity index (χ0n) is 21.7. The van der Waals surface area contributed by atoms with Gasteiger partial charge < -0.3 is 9.80 Å². The van der Waals surface area contributed by atoms with Gasteiger partial charge in [-0.1, -0.05) is 24.3 Å². The Balaban J connectivity index is 1.26. The maximum Gasteiger partial charge on any atom is 0.331 e. The molecule has 2 aliphatic heterocycles. The van der Waals surface area contributed by atoms with Crippen LogP contribution < -0.4 is 9.80 Å². The number of hydrogen-bond acceptors (Lipinski definition) is 5. The third kappa shape index (κ3) is 4.71. The number of piperazine rings is 1. The Bertz CT molecular complexity index is 1390. The van der Waals surface area contributed by atoms with E-state index in [-0.39, 0.29) is 24.1 Å². The molecule has 2 aromatic carbocycles. The lowest BCUT2D eigenvalue weighted by Crippen LogP contribution is -2.49. The molecular formula is C29H30FN5O3. The number of rotatable bonds is 4. The highest BCUT2D eigenvalue weighted by Gasteiger charge is 2.40. The summed E-state index contributed by atoms with van der Waals surface area (Å²) in [7, 11) is 0. The summed E-state index contributed by atoms with van der Waals surface area (Å²) in [6.07, 6.45) is 1.83. The first-order valence-electron chi connectivity index (χ1n) is 12.7. The van der Waals surface area contributed by atoms with Gasteiger partial charge in [0.05, 0.1) is 11.6 Å². The third-order valence-electron chi connectivity index (χ3n) is 7.11. The van der Waals surface area contributed by atoms with Crippen molar-refractivity contribution >= 4 is 29.4 Å². The molecule has 0 N–H and O–H groups in total. The van der Waals surface area contributed by atoms with Gasteiger partial charge in [-0.05, 0) is 62.2 Å². The largest absolute Gasteiger partial charge is 0.353 e. The summed E-state index contributed by atoms with van der Waals surface area (Å²) in [5.74, 6) is -0.570. The molecule has 196 valence electrons. The van der Waals surface area contributed by atoms with Gasteiger partial charge in [0.1, 0.15) is 11.6 Å². The minimum atomic E-state index is -0.695. The first-order chi connectivity index (χ1) is 18.2. The molecule has 3 heterocycles. The highest BCUT2D eigenvalue weighted by Crippen LogP contribution is 2.28. The van der Waals surface area contributed by atoms with Gasteiger partial charge in [-0.3, -0.25) is 19.4 Å². The van der Waals surface area contributed by atoms with Crippen molar-refractivity contribution in [2.45, 2.75) is 26.8 Å². The normalized spacial score (nSPS) is 17.8. The van der Waals surface area contributed by atoms with Crippen molar-refractivity contribution in [2.75, 3.05) is 42.5 Å². The summed E-state index contributed by atoms with van der Waals surface area (Å²) in [5, 5.41) is 0. The Hall–Kier alpha value is -4.27. The second-order valence-corrected chi connectivity index (χ2v) is 9.88. The van der Waals surface area contributed by atoms with E-state index in [2.05, 4.69) is 16.0 Å². The highest BCUT2D eigenvalue weighted by atomic mass is 19.1. The number of pyridine rings is 1. The van der Waals surface area contributed by atoms with Crippen LogP contribution in [0.4, 0.5) is 20.7 Å². The Morgan fingerprint density at radius 2 is 1.66 bits per heavy atom. The van der Waals surface area contributed by atoms with Crippen molar-refractivity contribution in [3.05, 3.63) is 88.9 Å². The van der Waals surface area contributed by atoms with Crippen molar-refractivity contribution in [3.8, 4) is 0 Å². The first-order valence-corrected chi connectivity index (χ1v) is 12.7. The number of aryl methyl sites for hydroxylation is 2. The van der Waals surface area contributed by atoms with Gasteiger partial charge in [-0.25, -0.2) is 14.2 Å². The standard InChI is InChI=1S/C29H30FN5O3/c1-19-15-20(2)26(31-17-19)32-11-13-33(14-12-32)28(37)24-10-9-23(16-25(24)30)34-18-21(3)35(29(34)38)27(36)22-7-5-4-6-8-22/h4-10,15-17,21H,11-14,18H2,1-3H3. The Labute approximate surface area is 221 Å². The van der Waals surface area contributed by atoms with E-state index in [0.29, 0.717) is 37.4 Å². The van der Waals surface area contributed by atoms with Crippen LogP contribution in [0, 0.1) is 19.7 Å². The van der Waals surface area contributed by atoms with E-state index < -0.39 is 17.8 Å². The average Bonchev–Trinajstić information content (AvgIpc) is 3.22. The maximum atomic E-state index is 15.2. The SMILES string of the molecule is Cc1cnc(N2CCN(C(=O)c3ccc(N4CC(C)N(C(=O)c5ccccc5)C4=O)cc3F)CC2)c(C)c1. The molecule has 9 heteroatoms. The predicted molar refractivity (Wildman–Crippen MR) is 143 cm³/mol. The minimum Gasteiger partial charge on any atom is -0.353 e. The molecule has 1 aromatic heterocycles. The van der Waals surface area contributed by atoms with E-state index in [9.17, 15) is 14.4 Å². The first kappa shape index (κ1) is 25.4. The van der Waals surface area contributed by atoms with Crippen LogP contribution in [0.25, 0.3) is 0 Å². The van der Waals surface area contributed by atoms with Crippen molar-refractivity contribution in [3.63, 3.8) is 0 Å². The van der Waals surface area contributed by atoms with Gasteiger partial charge in [-0.15, -0.1) is 0 Å². The van der Waals surface area contributed by atoms with Crippen LogP contribution in [-0.2, 0) is 0 Å². The van der Waals surface area contributed by atoms with Crippen molar-refractivity contribution in [2.24, 2.45) is 0 Å². The summed E-state index contributed by atoms with van der Waals surface area (Å²) in [6.45, 7) is 8.15. The Kier molecular flexibility index (Phi) is 6.84. The maximum absolute atomic E-state index is 15.2. The zero-order chi connectivity index (χ0) is 27.0. The summed E-state index contributed by atoms with van der Waals surface area (Å²) in [6, 6.07) is 14.0. The fourth-order valence-electron chi connectivity index (χ4n) is 5.14. The van der Waals surface area contributed by atoms with Crippen molar-refractivity contribution in [1.29, 1.82) is 0 Å². The number of halogens is 1. The van der Waals surface area contributed by atoms with Crippen LogP contribution in [0.15, 0.2) is 60.8 Å². The predicted octanol–water partition coefficient (Wildman–Crippen LogP) is 4.27. The number of benzene rings is 2. The van der Waals surface area contributed by atoms with E-state index in [4.69, 9.17) is 0 Å². The molecule has 2 saturated heterocycles. The third-order valence-corrected chi connectivity index (χ3v) is 7.11. The number of nitrogens with zero attached hydrogens (tertiary/aromatic N) is 5. The number of anilines is 2. The number of hydrogen-bond donors (Lipinski definition) is 0. The number of carbonyl (C=O) groups excluding carboxylic acids is 3. The van der Waals surface area contributed by atoms with Crippen molar-refractivity contribution < 1.29 is 18.8 Å². The molecule has 5 rings (SSSR count). The van der Waals surface area contributed by atoms with E-state index >= 15 is 4.39 Å². The summed E-state index contributed by atoms with van der Waals surface area (Å²) < 4.78 is 15.2. The van der Waals surface area contributed by atoms with Crippen LogP contribution in [-0.4, -0.2) is 71.4 Å². The lowest BCUT2D eigenvalue weighted by atomic mass is 10.1. The second kappa shape index (κ2) is 10.2. The van der Waals surface area contributed by atoms with Gasteiger partial charge in [-0.2, -0.15) is 0 Å². The molecule has 0 bridgehead atoms. The fourth-order valence-corrected chi connectivity index (χ4v) is 5.14. The molecule has 38 heavy (non-hydrogen) atoms. The summed E-state index contributed by atoms with van der Waals surface area (Å²) in [4.78, 5) is 50.1. The van der Waals surface area contributed by atoms with E-state index in [1.807, 2.05) is 20.0 Å². The van der Waals surface area contributed by atoms with Crippen molar-refractivity contribution in [1.82, 2.24) is 14.8 Å².